The second-order valence-electron chi connectivity index (χ2n) is 8.91. The number of carbonyl (C=O) groups is 2. The smallest absolute Gasteiger partial charge is 0.253 e. The van der Waals surface area contributed by atoms with Gasteiger partial charge in [0.05, 0.1) is 7.11 Å². The van der Waals surface area contributed by atoms with Gasteiger partial charge in [-0.15, -0.1) is 0 Å². The highest BCUT2D eigenvalue weighted by molar-refractivity contribution is 5.97. The first-order chi connectivity index (χ1) is 15.9. The van der Waals surface area contributed by atoms with Gasteiger partial charge in [0.1, 0.15) is 5.75 Å². The van der Waals surface area contributed by atoms with Gasteiger partial charge in [0.25, 0.3) is 5.91 Å². The van der Waals surface area contributed by atoms with Crippen LogP contribution in [0.5, 0.6) is 5.75 Å². The van der Waals surface area contributed by atoms with Crippen molar-refractivity contribution >= 4 is 22.7 Å². The maximum absolute atomic E-state index is 12.2. The minimum absolute atomic E-state index is 0.0255. The summed E-state index contributed by atoms with van der Waals surface area (Å²) in [5, 5.41) is 1.13. The van der Waals surface area contributed by atoms with Crippen molar-refractivity contribution in [1.29, 1.82) is 0 Å². The van der Waals surface area contributed by atoms with E-state index in [1.807, 2.05) is 30.3 Å². The van der Waals surface area contributed by atoms with Crippen LogP contribution >= 0.6 is 0 Å². The molecule has 1 aliphatic heterocycles. The molecule has 2 N–H and O–H groups in total. The number of hydrogen-bond donors (Lipinski definition) is 1. The molecular weight excluding hydrogens is 416 g/mol. The van der Waals surface area contributed by atoms with Crippen LogP contribution in [-0.2, 0) is 6.42 Å². The fourth-order valence-corrected chi connectivity index (χ4v) is 4.66. The van der Waals surface area contributed by atoms with Crippen molar-refractivity contribution in [3.8, 4) is 5.75 Å². The van der Waals surface area contributed by atoms with E-state index in [2.05, 4.69) is 21.7 Å². The first-order valence-electron chi connectivity index (χ1n) is 11.4. The summed E-state index contributed by atoms with van der Waals surface area (Å²) in [6.45, 7) is 2.97. The lowest BCUT2D eigenvalue weighted by Crippen LogP contribution is -2.35. The van der Waals surface area contributed by atoms with Gasteiger partial charge in [-0.3, -0.25) is 9.59 Å². The molecule has 0 radical (unpaired) electrons. The van der Waals surface area contributed by atoms with E-state index < -0.39 is 5.91 Å². The van der Waals surface area contributed by atoms with E-state index in [4.69, 9.17) is 10.5 Å². The number of ether oxygens (including phenoxy) is 1. The monoisotopic (exact) mass is 448 g/mol. The third-order valence-corrected chi connectivity index (χ3v) is 6.60. The number of amides is 2. The predicted octanol–water partition coefficient (Wildman–Crippen LogP) is 3.33. The highest BCUT2D eigenvalue weighted by atomic mass is 16.5. The largest absolute Gasteiger partial charge is 0.496 e. The van der Waals surface area contributed by atoms with Gasteiger partial charge in [0.2, 0.25) is 5.91 Å². The SMILES string of the molecule is COc1cc(C(=O)N(C)C)ccc1CCN1CCC(n2ccc3ccc(C(N)=O)cc32)CC1. The number of aromatic nitrogens is 1. The molecule has 1 aliphatic rings. The van der Waals surface area contributed by atoms with Crippen LogP contribution in [0.15, 0.2) is 48.7 Å². The molecule has 3 aromatic rings. The molecule has 0 saturated carbocycles. The molecule has 1 fully saturated rings. The van der Waals surface area contributed by atoms with Crippen LogP contribution in [0.4, 0.5) is 0 Å². The Labute approximate surface area is 194 Å². The summed E-state index contributed by atoms with van der Waals surface area (Å²) in [6, 6.07) is 13.9. The van der Waals surface area contributed by atoms with E-state index in [-0.39, 0.29) is 5.91 Å². The third kappa shape index (κ3) is 4.88. The molecule has 1 aromatic heterocycles. The first-order valence-corrected chi connectivity index (χ1v) is 11.4. The quantitative estimate of drug-likeness (QED) is 0.601. The van der Waals surface area contributed by atoms with Gasteiger partial charge in [0, 0.05) is 62.6 Å². The van der Waals surface area contributed by atoms with E-state index in [1.165, 1.54) is 0 Å². The van der Waals surface area contributed by atoms with Crippen LogP contribution in [-0.4, -0.2) is 67.0 Å². The summed E-state index contributed by atoms with van der Waals surface area (Å²) in [7, 11) is 5.15. The normalized spacial score (nSPS) is 15.0. The molecule has 0 aliphatic carbocycles. The van der Waals surface area contributed by atoms with Gasteiger partial charge >= 0.3 is 0 Å². The predicted molar refractivity (Wildman–Crippen MR) is 130 cm³/mol. The number of likely N-dealkylation sites (tertiary alicyclic amines) is 1. The van der Waals surface area contributed by atoms with Crippen LogP contribution in [0, 0.1) is 0 Å². The van der Waals surface area contributed by atoms with Gasteiger partial charge in [-0.05, 0) is 60.5 Å². The van der Waals surface area contributed by atoms with Crippen LogP contribution in [0.1, 0.15) is 45.2 Å². The maximum atomic E-state index is 12.2. The Morgan fingerprint density at radius 1 is 1.06 bits per heavy atom. The summed E-state index contributed by atoms with van der Waals surface area (Å²) < 4.78 is 7.86. The minimum atomic E-state index is -0.394. The van der Waals surface area contributed by atoms with Crippen molar-refractivity contribution in [3.63, 3.8) is 0 Å². The topological polar surface area (TPSA) is 80.8 Å². The number of nitrogens with zero attached hydrogens (tertiary/aromatic N) is 3. The van der Waals surface area contributed by atoms with E-state index in [1.54, 1.807) is 32.2 Å². The van der Waals surface area contributed by atoms with Crippen LogP contribution in [0.3, 0.4) is 0 Å². The van der Waals surface area contributed by atoms with Gasteiger partial charge in [0.15, 0.2) is 0 Å². The molecule has 1 saturated heterocycles. The standard InChI is InChI=1S/C26H32N4O3/c1-28(2)26(32)21-7-5-19(24(17-21)33-3)8-12-29-13-10-22(11-14-29)30-15-9-18-4-6-20(25(27)31)16-23(18)30/h4-7,9,15-17,22H,8,10-14H2,1-3H3,(H2,27,31). The molecule has 33 heavy (non-hydrogen) atoms. The second kappa shape index (κ2) is 9.67. The number of benzene rings is 2. The molecular formula is C26H32N4O3. The number of methoxy groups -OCH3 is 1. The Balaban J connectivity index is 1.37. The van der Waals surface area contributed by atoms with Gasteiger partial charge < -0.3 is 24.8 Å². The van der Waals surface area contributed by atoms with Gasteiger partial charge in [-0.2, -0.15) is 0 Å². The summed E-state index contributed by atoms with van der Waals surface area (Å²) >= 11 is 0. The average Bonchev–Trinajstić information content (AvgIpc) is 3.25. The lowest BCUT2D eigenvalue weighted by molar-refractivity contribution is 0.0827. The summed E-state index contributed by atoms with van der Waals surface area (Å²) in [4.78, 5) is 27.9. The van der Waals surface area contributed by atoms with Crippen molar-refractivity contribution in [2.24, 2.45) is 5.73 Å². The van der Waals surface area contributed by atoms with Crippen molar-refractivity contribution in [2.75, 3.05) is 40.8 Å². The fourth-order valence-electron chi connectivity index (χ4n) is 4.66. The highest BCUT2D eigenvalue weighted by Crippen LogP contribution is 2.29. The fraction of sp³-hybridized carbons (Fsp3) is 0.385. The Hall–Kier alpha value is -3.32. The Morgan fingerprint density at radius 2 is 1.79 bits per heavy atom. The molecule has 0 unspecified atom stereocenters. The van der Waals surface area contributed by atoms with E-state index in [0.29, 0.717) is 17.2 Å². The molecule has 2 aromatic carbocycles. The molecule has 0 atom stereocenters. The lowest BCUT2D eigenvalue weighted by atomic mass is 10.0. The molecule has 7 nitrogen and oxygen atoms in total. The Morgan fingerprint density at radius 3 is 2.45 bits per heavy atom. The zero-order valence-corrected chi connectivity index (χ0v) is 19.6. The number of piperidine rings is 1. The second-order valence-corrected chi connectivity index (χ2v) is 8.91. The number of primary amides is 1. The zero-order chi connectivity index (χ0) is 23.5. The van der Waals surface area contributed by atoms with E-state index in [9.17, 15) is 9.59 Å². The number of nitrogens with two attached hydrogens (primary N) is 1. The molecule has 174 valence electrons. The third-order valence-electron chi connectivity index (χ3n) is 6.60. The highest BCUT2D eigenvalue weighted by Gasteiger charge is 2.22. The van der Waals surface area contributed by atoms with Crippen molar-refractivity contribution in [2.45, 2.75) is 25.3 Å². The van der Waals surface area contributed by atoms with Crippen molar-refractivity contribution < 1.29 is 14.3 Å². The number of fused-ring (bicyclic) bond motifs is 1. The Kier molecular flexibility index (Phi) is 6.70. The summed E-state index contributed by atoms with van der Waals surface area (Å²) in [5.41, 5.74) is 8.85. The summed E-state index contributed by atoms with van der Waals surface area (Å²) in [6.07, 6.45) is 5.10. The molecule has 4 rings (SSSR count). The van der Waals surface area contributed by atoms with E-state index >= 15 is 0 Å². The number of rotatable bonds is 7. The van der Waals surface area contributed by atoms with Gasteiger partial charge in [-0.25, -0.2) is 0 Å². The number of hydrogen-bond acceptors (Lipinski definition) is 4. The number of carbonyl (C=O) groups excluding carboxylic acids is 2. The Bertz CT molecular complexity index is 1160. The van der Waals surface area contributed by atoms with E-state index in [0.717, 1.165) is 61.1 Å². The molecule has 2 heterocycles. The maximum Gasteiger partial charge on any atom is 0.253 e. The molecule has 7 heteroatoms. The average molecular weight is 449 g/mol. The molecule has 0 spiro atoms. The van der Waals surface area contributed by atoms with Gasteiger partial charge in [-0.1, -0.05) is 12.1 Å². The molecule has 2 amide bonds. The van der Waals surface area contributed by atoms with Crippen LogP contribution < -0.4 is 10.5 Å². The van der Waals surface area contributed by atoms with Crippen molar-refractivity contribution in [3.05, 3.63) is 65.4 Å². The lowest BCUT2D eigenvalue weighted by Gasteiger charge is -2.33. The van der Waals surface area contributed by atoms with Crippen LogP contribution in [0.25, 0.3) is 10.9 Å². The van der Waals surface area contributed by atoms with Crippen molar-refractivity contribution in [1.82, 2.24) is 14.4 Å². The van der Waals surface area contributed by atoms with Crippen LogP contribution in [0.2, 0.25) is 0 Å². The summed E-state index contributed by atoms with van der Waals surface area (Å²) in [5.74, 6) is 0.345. The first kappa shape index (κ1) is 22.9. The zero-order valence-electron chi connectivity index (χ0n) is 19.6. The molecule has 0 bridgehead atoms. The minimum Gasteiger partial charge on any atom is -0.496 e.